The number of primary amides is 1. The van der Waals surface area contributed by atoms with Crippen molar-refractivity contribution < 1.29 is 32.2 Å². The van der Waals surface area contributed by atoms with Gasteiger partial charge in [0, 0.05) is 24.6 Å². The normalized spacial score (nSPS) is 12.9. The van der Waals surface area contributed by atoms with E-state index in [1.165, 1.54) is 12.1 Å². The first-order chi connectivity index (χ1) is 15.3. The molecular weight excluding hydrogens is 436 g/mol. The Labute approximate surface area is 186 Å². The minimum absolute atomic E-state index is 0.118. The molecule has 0 saturated heterocycles. The lowest BCUT2D eigenvalue weighted by molar-refractivity contribution is -0.145. The lowest BCUT2D eigenvalue weighted by atomic mass is 10.1. The van der Waals surface area contributed by atoms with Crippen LogP contribution in [-0.2, 0) is 26.2 Å². The van der Waals surface area contributed by atoms with Gasteiger partial charge < -0.3 is 19.9 Å². The van der Waals surface area contributed by atoms with Crippen molar-refractivity contribution in [1.82, 2.24) is 4.72 Å². The van der Waals surface area contributed by atoms with Crippen LogP contribution in [-0.4, -0.2) is 40.1 Å². The molecule has 0 bridgehead atoms. The van der Waals surface area contributed by atoms with Crippen molar-refractivity contribution in [3.05, 3.63) is 53.6 Å². The van der Waals surface area contributed by atoms with E-state index < -0.39 is 15.9 Å². The largest absolute Gasteiger partial charge is 0.486 e. The molecule has 9 nitrogen and oxygen atoms in total. The Morgan fingerprint density at radius 1 is 0.969 bits per heavy atom. The fourth-order valence-electron chi connectivity index (χ4n) is 3.05. The van der Waals surface area contributed by atoms with E-state index in [1.807, 2.05) is 0 Å². The fraction of sp³-hybridized carbons (Fsp3) is 0.364. The number of fused-ring (bicyclic) bond motifs is 1. The van der Waals surface area contributed by atoms with Crippen LogP contribution in [0.3, 0.4) is 0 Å². The number of unbranched alkanes of at least 4 members (excludes halogenated alkanes) is 2. The summed E-state index contributed by atoms with van der Waals surface area (Å²) in [4.78, 5) is 23.0. The third kappa shape index (κ3) is 6.69. The van der Waals surface area contributed by atoms with Gasteiger partial charge in [0.05, 0.1) is 4.90 Å². The molecule has 0 aliphatic carbocycles. The number of carbonyl (C=O) groups is 2. The second-order valence-corrected chi connectivity index (χ2v) is 9.00. The van der Waals surface area contributed by atoms with Crippen LogP contribution in [0.2, 0.25) is 0 Å². The molecule has 0 radical (unpaired) electrons. The molecule has 1 aliphatic heterocycles. The number of ether oxygens (including phenoxy) is 3. The van der Waals surface area contributed by atoms with E-state index in [2.05, 4.69) is 4.72 Å². The predicted octanol–water partition coefficient (Wildman–Crippen LogP) is 2.14. The summed E-state index contributed by atoms with van der Waals surface area (Å²) < 4.78 is 43.4. The molecule has 0 atom stereocenters. The molecule has 0 saturated carbocycles. The fourth-order valence-corrected chi connectivity index (χ4v) is 4.14. The highest BCUT2D eigenvalue weighted by Gasteiger charge is 2.19. The van der Waals surface area contributed by atoms with E-state index in [1.54, 1.807) is 30.3 Å². The zero-order valence-corrected chi connectivity index (χ0v) is 18.4. The maximum absolute atomic E-state index is 12.4. The molecule has 0 aromatic heterocycles. The van der Waals surface area contributed by atoms with Crippen molar-refractivity contribution in [1.29, 1.82) is 0 Å². The van der Waals surface area contributed by atoms with E-state index in [0.29, 0.717) is 49.5 Å². The molecule has 10 heteroatoms. The summed E-state index contributed by atoms with van der Waals surface area (Å²) >= 11 is 0. The lowest BCUT2D eigenvalue weighted by Crippen LogP contribution is -2.25. The average molecular weight is 463 g/mol. The Morgan fingerprint density at radius 2 is 1.69 bits per heavy atom. The number of hydrogen-bond donors (Lipinski definition) is 2. The lowest BCUT2D eigenvalue weighted by Gasteiger charge is -2.18. The van der Waals surface area contributed by atoms with Crippen molar-refractivity contribution in [2.75, 3.05) is 19.8 Å². The van der Waals surface area contributed by atoms with Crippen LogP contribution in [0.1, 0.15) is 41.6 Å². The van der Waals surface area contributed by atoms with Gasteiger partial charge in [0.25, 0.3) is 0 Å². The highest BCUT2D eigenvalue weighted by molar-refractivity contribution is 7.89. The summed E-state index contributed by atoms with van der Waals surface area (Å²) in [6.45, 7) is 1.20. The van der Waals surface area contributed by atoms with Crippen LogP contribution in [0.5, 0.6) is 11.5 Å². The highest BCUT2D eigenvalue weighted by atomic mass is 32.2. The summed E-state index contributed by atoms with van der Waals surface area (Å²) in [7, 11) is -3.65. The van der Waals surface area contributed by atoms with Crippen LogP contribution in [0.4, 0.5) is 0 Å². The molecule has 2 aromatic carbocycles. The molecule has 2 aromatic rings. The molecule has 0 spiro atoms. The van der Waals surface area contributed by atoms with Crippen molar-refractivity contribution >= 4 is 21.9 Å². The van der Waals surface area contributed by atoms with Gasteiger partial charge in [-0.1, -0.05) is 18.6 Å². The number of benzene rings is 2. The molecule has 172 valence electrons. The molecule has 3 N–H and O–H groups in total. The summed E-state index contributed by atoms with van der Waals surface area (Å²) in [6, 6.07) is 11.0. The Kier molecular flexibility index (Phi) is 8.07. The summed E-state index contributed by atoms with van der Waals surface area (Å²) in [6.07, 6.45) is 2.09. The molecule has 3 rings (SSSR count). The van der Waals surface area contributed by atoms with Crippen LogP contribution in [0, 0.1) is 0 Å². The van der Waals surface area contributed by atoms with Gasteiger partial charge in [-0.2, -0.15) is 0 Å². The van der Waals surface area contributed by atoms with Crippen LogP contribution >= 0.6 is 0 Å². The molecule has 1 aliphatic rings. The topological polar surface area (TPSA) is 134 Å². The zero-order valence-electron chi connectivity index (χ0n) is 17.5. The third-order valence-electron chi connectivity index (χ3n) is 4.81. The van der Waals surface area contributed by atoms with Gasteiger partial charge in [0.2, 0.25) is 15.9 Å². The SMILES string of the molecule is NC(=O)c1ccc(COC(=O)CCCCCNS(=O)(=O)c2ccc3c(c2)OCCO3)cc1. The van der Waals surface area contributed by atoms with Crippen molar-refractivity contribution in [2.45, 2.75) is 37.2 Å². The van der Waals surface area contributed by atoms with Gasteiger partial charge in [-0.05, 0) is 42.7 Å². The Balaban J connectivity index is 1.32. The highest BCUT2D eigenvalue weighted by Crippen LogP contribution is 2.32. The number of hydrogen-bond acceptors (Lipinski definition) is 7. The second kappa shape index (κ2) is 11.0. The Bertz CT molecular complexity index is 1050. The first-order valence-corrected chi connectivity index (χ1v) is 11.8. The monoisotopic (exact) mass is 462 g/mol. The van der Waals surface area contributed by atoms with E-state index in [0.717, 1.165) is 5.56 Å². The number of amides is 1. The molecule has 0 unspecified atom stereocenters. The predicted molar refractivity (Wildman–Crippen MR) is 116 cm³/mol. The number of carbonyl (C=O) groups excluding carboxylic acids is 2. The van der Waals surface area contributed by atoms with Gasteiger partial charge in [-0.25, -0.2) is 13.1 Å². The van der Waals surface area contributed by atoms with E-state index in [4.69, 9.17) is 19.9 Å². The minimum Gasteiger partial charge on any atom is -0.486 e. The van der Waals surface area contributed by atoms with Crippen molar-refractivity contribution in [2.24, 2.45) is 5.73 Å². The van der Waals surface area contributed by atoms with E-state index in [9.17, 15) is 18.0 Å². The molecule has 0 fully saturated rings. The Hall–Kier alpha value is -3.11. The first kappa shape index (κ1) is 23.6. The van der Waals surface area contributed by atoms with E-state index >= 15 is 0 Å². The number of sulfonamides is 1. The number of esters is 1. The van der Waals surface area contributed by atoms with Gasteiger partial charge in [-0.15, -0.1) is 0 Å². The number of nitrogens with one attached hydrogen (secondary N) is 1. The number of nitrogens with two attached hydrogens (primary N) is 1. The van der Waals surface area contributed by atoms with Gasteiger partial charge in [0.1, 0.15) is 19.8 Å². The molecule has 32 heavy (non-hydrogen) atoms. The summed E-state index contributed by atoms with van der Waals surface area (Å²) in [5.74, 6) is 0.106. The summed E-state index contributed by atoms with van der Waals surface area (Å²) in [5.41, 5.74) is 6.34. The average Bonchev–Trinajstić information content (AvgIpc) is 2.79. The molecule has 1 amide bonds. The van der Waals surface area contributed by atoms with Crippen LogP contribution < -0.4 is 19.9 Å². The van der Waals surface area contributed by atoms with E-state index in [-0.39, 0.29) is 30.4 Å². The maximum atomic E-state index is 12.4. The third-order valence-corrected chi connectivity index (χ3v) is 6.27. The quantitative estimate of drug-likeness (QED) is 0.386. The van der Waals surface area contributed by atoms with Crippen LogP contribution in [0.25, 0.3) is 0 Å². The zero-order chi connectivity index (χ0) is 23.0. The molecular formula is C22H26N2O7S. The maximum Gasteiger partial charge on any atom is 0.306 e. The van der Waals surface area contributed by atoms with Crippen molar-refractivity contribution in [3.63, 3.8) is 0 Å². The summed E-state index contributed by atoms with van der Waals surface area (Å²) in [5, 5.41) is 0. The van der Waals surface area contributed by atoms with Gasteiger partial charge in [0.15, 0.2) is 11.5 Å². The number of rotatable bonds is 11. The minimum atomic E-state index is -3.65. The second-order valence-electron chi connectivity index (χ2n) is 7.24. The Morgan fingerprint density at radius 3 is 2.41 bits per heavy atom. The van der Waals surface area contributed by atoms with Gasteiger partial charge >= 0.3 is 5.97 Å². The van der Waals surface area contributed by atoms with Crippen molar-refractivity contribution in [3.8, 4) is 11.5 Å². The molecule has 1 heterocycles. The standard InChI is InChI=1S/C22H26N2O7S/c23-22(26)17-7-5-16(6-8-17)15-31-21(25)4-2-1-3-11-24-32(27,28)18-9-10-19-20(14-18)30-13-12-29-19/h5-10,14,24H,1-4,11-13,15H2,(H2,23,26). The van der Waals surface area contributed by atoms with Crippen LogP contribution in [0.15, 0.2) is 47.4 Å². The van der Waals surface area contributed by atoms with Gasteiger partial charge in [-0.3, -0.25) is 9.59 Å². The first-order valence-electron chi connectivity index (χ1n) is 10.3. The smallest absolute Gasteiger partial charge is 0.306 e.